The first-order valence-corrected chi connectivity index (χ1v) is 11.2. The molecule has 0 aromatic heterocycles. The van der Waals surface area contributed by atoms with Gasteiger partial charge in [-0.2, -0.15) is 0 Å². The lowest BCUT2D eigenvalue weighted by Gasteiger charge is -2.29. The van der Waals surface area contributed by atoms with Gasteiger partial charge in [-0.15, -0.1) is 0 Å². The number of hydrogen-bond donors (Lipinski definition) is 1. The van der Waals surface area contributed by atoms with Crippen LogP contribution >= 0.6 is 0 Å². The van der Waals surface area contributed by atoms with Gasteiger partial charge in [0.2, 0.25) is 11.8 Å². The summed E-state index contributed by atoms with van der Waals surface area (Å²) in [6.07, 6.45) is 4.00. The summed E-state index contributed by atoms with van der Waals surface area (Å²) in [6, 6.07) is 9.50. The number of benzene rings is 1. The summed E-state index contributed by atoms with van der Waals surface area (Å²) in [5.41, 5.74) is 0.345. The van der Waals surface area contributed by atoms with E-state index < -0.39 is 11.6 Å². The largest absolute Gasteiger partial charge is 0.390 e. The topological polar surface area (TPSA) is 70.1 Å². The Morgan fingerprint density at radius 3 is 2.57 bits per heavy atom. The van der Waals surface area contributed by atoms with Gasteiger partial charge in [-0.1, -0.05) is 37.3 Å². The molecule has 2 heterocycles. The fourth-order valence-corrected chi connectivity index (χ4v) is 4.57. The van der Waals surface area contributed by atoms with Crippen molar-refractivity contribution in [1.29, 1.82) is 0 Å². The molecule has 6 heteroatoms. The Morgan fingerprint density at radius 2 is 1.83 bits per heavy atom. The summed E-state index contributed by atoms with van der Waals surface area (Å²) in [6.45, 7) is 5.31. The minimum absolute atomic E-state index is 0.0199. The number of likely N-dealkylation sites (N-methyl/N-ethyl adjacent to an activating group) is 1. The van der Waals surface area contributed by atoms with Gasteiger partial charge in [0.05, 0.1) is 18.3 Å². The molecule has 1 aromatic rings. The lowest BCUT2D eigenvalue weighted by Crippen LogP contribution is -2.48. The molecule has 0 spiro atoms. The first kappa shape index (κ1) is 22.8. The number of aliphatic hydroxyl groups is 1. The number of ether oxygens (including phenoxy) is 1. The summed E-state index contributed by atoms with van der Waals surface area (Å²) >= 11 is 0. The highest BCUT2D eigenvalue weighted by molar-refractivity contribution is 5.89. The number of amides is 2. The molecule has 6 nitrogen and oxygen atoms in total. The molecule has 166 valence electrons. The fraction of sp³-hybridized carbons (Fsp3) is 0.667. The number of nitrogens with zero attached hydrogens (tertiary/aromatic N) is 2. The van der Waals surface area contributed by atoms with Crippen molar-refractivity contribution in [3.05, 3.63) is 35.9 Å². The third kappa shape index (κ3) is 5.82. The molecule has 0 radical (unpaired) electrons. The summed E-state index contributed by atoms with van der Waals surface area (Å²) < 4.78 is 6.09. The SMILES string of the molecule is CC1CCC[C@](C)(O)CCCN(C)C(=O)C2CC(OCc3ccccc3)CN2C1=O. The minimum atomic E-state index is -0.743. The second-order valence-corrected chi connectivity index (χ2v) is 9.31. The molecule has 2 aliphatic rings. The van der Waals surface area contributed by atoms with E-state index in [0.29, 0.717) is 39.0 Å². The third-order valence-electron chi connectivity index (χ3n) is 6.52. The fourth-order valence-electron chi connectivity index (χ4n) is 4.57. The molecule has 0 saturated carbocycles. The normalized spacial score (nSPS) is 31.7. The zero-order valence-electron chi connectivity index (χ0n) is 18.5. The van der Waals surface area contributed by atoms with Crippen molar-refractivity contribution in [2.24, 2.45) is 5.92 Å². The van der Waals surface area contributed by atoms with Gasteiger partial charge in [0.15, 0.2) is 0 Å². The van der Waals surface area contributed by atoms with E-state index in [1.807, 2.05) is 44.2 Å². The Bertz CT molecular complexity index is 683. The van der Waals surface area contributed by atoms with E-state index in [1.165, 1.54) is 0 Å². The molecule has 2 fully saturated rings. The van der Waals surface area contributed by atoms with Gasteiger partial charge in [-0.3, -0.25) is 9.59 Å². The maximum atomic E-state index is 13.2. The van der Waals surface area contributed by atoms with Gasteiger partial charge in [-0.25, -0.2) is 0 Å². The monoisotopic (exact) mass is 416 g/mol. The molecule has 2 aliphatic heterocycles. The van der Waals surface area contributed by atoms with Crippen molar-refractivity contribution in [1.82, 2.24) is 9.80 Å². The van der Waals surface area contributed by atoms with Crippen LogP contribution in [0.2, 0.25) is 0 Å². The quantitative estimate of drug-likeness (QED) is 0.822. The average molecular weight is 417 g/mol. The molecule has 0 bridgehead atoms. The summed E-state index contributed by atoms with van der Waals surface area (Å²) in [5, 5.41) is 10.6. The molecule has 1 aromatic carbocycles. The van der Waals surface area contributed by atoms with E-state index >= 15 is 0 Å². The number of carbonyl (C=O) groups is 2. The highest BCUT2D eigenvalue weighted by Gasteiger charge is 2.42. The van der Waals surface area contributed by atoms with Crippen molar-refractivity contribution in [3.63, 3.8) is 0 Å². The minimum Gasteiger partial charge on any atom is -0.390 e. The highest BCUT2D eigenvalue weighted by Crippen LogP contribution is 2.28. The zero-order chi connectivity index (χ0) is 21.7. The predicted octanol–water partition coefficient (Wildman–Crippen LogP) is 2.98. The molecular weight excluding hydrogens is 380 g/mol. The van der Waals surface area contributed by atoms with Crippen LogP contribution in [0.1, 0.15) is 57.9 Å². The van der Waals surface area contributed by atoms with Crippen molar-refractivity contribution in [2.45, 2.75) is 76.7 Å². The van der Waals surface area contributed by atoms with Crippen LogP contribution in [0.3, 0.4) is 0 Å². The first-order chi connectivity index (χ1) is 14.3. The Balaban J connectivity index is 1.72. The van der Waals surface area contributed by atoms with Crippen LogP contribution in [0.15, 0.2) is 30.3 Å². The first-order valence-electron chi connectivity index (χ1n) is 11.2. The summed E-state index contributed by atoms with van der Waals surface area (Å²) in [7, 11) is 1.79. The number of rotatable bonds is 3. The Labute approximate surface area is 180 Å². The van der Waals surface area contributed by atoms with Gasteiger partial charge < -0.3 is 19.6 Å². The smallest absolute Gasteiger partial charge is 0.245 e. The maximum Gasteiger partial charge on any atom is 0.245 e. The molecule has 1 N–H and O–H groups in total. The molecule has 0 aliphatic carbocycles. The van der Waals surface area contributed by atoms with Crippen molar-refractivity contribution in [2.75, 3.05) is 20.1 Å². The average Bonchev–Trinajstić information content (AvgIpc) is 3.15. The van der Waals surface area contributed by atoms with E-state index in [-0.39, 0.29) is 23.8 Å². The van der Waals surface area contributed by atoms with E-state index in [4.69, 9.17) is 4.74 Å². The molecule has 4 atom stereocenters. The van der Waals surface area contributed by atoms with Crippen LogP contribution in [0, 0.1) is 5.92 Å². The van der Waals surface area contributed by atoms with Gasteiger partial charge in [0.1, 0.15) is 6.04 Å². The standard InChI is InChI=1S/C24H36N2O4/c1-18-9-7-12-24(2,29)13-8-14-25(3)23(28)21-15-20(16-26(21)22(18)27)30-17-19-10-5-4-6-11-19/h4-6,10-11,18,20-21,29H,7-9,12-17H2,1-3H3/t18?,20?,21?,24-/m0/s1. The summed E-state index contributed by atoms with van der Waals surface area (Å²) in [4.78, 5) is 29.8. The summed E-state index contributed by atoms with van der Waals surface area (Å²) in [5.74, 6) is -0.179. The third-order valence-corrected chi connectivity index (χ3v) is 6.52. The zero-order valence-corrected chi connectivity index (χ0v) is 18.5. The van der Waals surface area contributed by atoms with Crippen LogP contribution in [-0.2, 0) is 20.9 Å². The molecule has 3 rings (SSSR count). The van der Waals surface area contributed by atoms with Crippen LogP contribution in [0.25, 0.3) is 0 Å². The van der Waals surface area contributed by atoms with Gasteiger partial charge in [-0.05, 0) is 44.6 Å². The van der Waals surface area contributed by atoms with E-state index in [0.717, 1.165) is 24.8 Å². The van der Waals surface area contributed by atoms with Crippen LogP contribution < -0.4 is 0 Å². The molecular formula is C24H36N2O4. The Morgan fingerprint density at radius 1 is 1.13 bits per heavy atom. The second-order valence-electron chi connectivity index (χ2n) is 9.31. The molecule has 2 saturated heterocycles. The van der Waals surface area contributed by atoms with Gasteiger partial charge in [0.25, 0.3) is 0 Å². The Kier molecular flexibility index (Phi) is 7.53. The lowest BCUT2D eigenvalue weighted by molar-refractivity contribution is -0.145. The maximum absolute atomic E-state index is 13.2. The molecule has 3 unspecified atom stereocenters. The van der Waals surface area contributed by atoms with E-state index in [2.05, 4.69) is 0 Å². The highest BCUT2D eigenvalue weighted by atomic mass is 16.5. The van der Waals surface area contributed by atoms with Crippen molar-refractivity contribution >= 4 is 11.8 Å². The van der Waals surface area contributed by atoms with Crippen LogP contribution in [0.5, 0.6) is 0 Å². The van der Waals surface area contributed by atoms with Crippen molar-refractivity contribution in [3.8, 4) is 0 Å². The number of fused-ring (bicyclic) bond motifs is 1. The number of hydrogen-bond acceptors (Lipinski definition) is 4. The van der Waals surface area contributed by atoms with Crippen molar-refractivity contribution < 1.29 is 19.4 Å². The van der Waals surface area contributed by atoms with Crippen LogP contribution in [0.4, 0.5) is 0 Å². The number of carbonyl (C=O) groups excluding carboxylic acids is 2. The lowest BCUT2D eigenvalue weighted by atomic mass is 9.91. The molecule has 30 heavy (non-hydrogen) atoms. The predicted molar refractivity (Wildman–Crippen MR) is 116 cm³/mol. The van der Waals surface area contributed by atoms with Gasteiger partial charge >= 0.3 is 0 Å². The second kappa shape index (κ2) is 9.92. The van der Waals surface area contributed by atoms with Crippen LogP contribution in [-0.4, -0.2) is 64.6 Å². The Hall–Kier alpha value is -1.92. The van der Waals surface area contributed by atoms with Gasteiger partial charge in [0, 0.05) is 32.5 Å². The van der Waals surface area contributed by atoms with E-state index in [9.17, 15) is 14.7 Å². The van der Waals surface area contributed by atoms with E-state index in [1.54, 1.807) is 16.8 Å². The molecule has 2 amide bonds.